The van der Waals surface area contributed by atoms with Crippen molar-refractivity contribution >= 4 is 52.0 Å². The highest BCUT2D eigenvalue weighted by molar-refractivity contribution is 8.19. The minimum Gasteiger partial charge on any atom is -0.268 e. The van der Waals surface area contributed by atoms with Gasteiger partial charge in [0.2, 0.25) is 0 Å². The first-order chi connectivity index (χ1) is 13.6. The van der Waals surface area contributed by atoms with Crippen molar-refractivity contribution in [3.63, 3.8) is 0 Å². The van der Waals surface area contributed by atoms with Crippen LogP contribution in [0.4, 0.5) is 11.5 Å². The number of aryl methyl sites for hydroxylation is 1. The van der Waals surface area contributed by atoms with E-state index in [1.807, 2.05) is 73.7 Å². The Morgan fingerprint density at radius 1 is 1.00 bits per heavy atom. The first kappa shape index (κ1) is 18.5. The van der Waals surface area contributed by atoms with E-state index in [9.17, 15) is 4.79 Å². The van der Waals surface area contributed by atoms with Gasteiger partial charge in [0.05, 0.1) is 10.6 Å². The second-order valence-electron chi connectivity index (χ2n) is 6.17. The molecule has 0 bridgehead atoms. The van der Waals surface area contributed by atoms with Crippen molar-refractivity contribution in [2.45, 2.75) is 6.92 Å². The van der Waals surface area contributed by atoms with Gasteiger partial charge in [-0.05, 0) is 66.7 Å². The summed E-state index contributed by atoms with van der Waals surface area (Å²) in [6.07, 6.45) is 1.85. The van der Waals surface area contributed by atoms with E-state index in [2.05, 4.69) is 9.98 Å². The SMILES string of the molecule is Cc1cccc(/N=C2/S/C(=C\c3ccc(Cl)cc3)C(=O)N2c2ccccc2)n1. The minimum atomic E-state index is -0.113. The summed E-state index contributed by atoms with van der Waals surface area (Å²) in [7, 11) is 0. The molecule has 138 valence electrons. The highest BCUT2D eigenvalue weighted by Gasteiger charge is 2.34. The number of nitrogens with zero attached hydrogens (tertiary/aromatic N) is 3. The molecule has 1 fully saturated rings. The predicted octanol–water partition coefficient (Wildman–Crippen LogP) is 5.85. The summed E-state index contributed by atoms with van der Waals surface area (Å²) < 4.78 is 0. The molecule has 28 heavy (non-hydrogen) atoms. The molecule has 2 heterocycles. The summed E-state index contributed by atoms with van der Waals surface area (Å²) in [6.45, 7) is 1.91. The van der Waals surface area contributed by atoms with Crippen LogP contribution >= 0.6 is 23.4 Å². The molecule has 4 rings (SSSR count). The number of hydrogen-bond donors (Lipinski definition) is 0. The van der Waals surface area contributed by atoms with Crippen molar-refractivity contribution in [2.75, 3.05) is 4.90 Å². The first-order valence-electron chi connectivity index (χ1n) is 8.67. The van der Waals surface area contributed by atoms with E-state index in [1.165, 1.54) is 11.8 Å². The Hall–Kier alpha value is -2.89. The van der Waals surface area contributed by atoms with Gasteiger partial charge in [-0.3, -0.25) is 9.69 Å². The van der Waals surface area contributed by atoms with E-state index >= 15 is 0 Å². The lowest BCUT2D eigenvalue weighted by atomic mass is 10.2. The fourth-order valence-electron chi connectivity index (χ4n) is 2.75. The van der Waals surface area contributed by atoms with Crippen molar-refractivity contribution in [1.29, 1.82) is 0 Å². The van der Waals surface area contributed by atoms with Gasteiger partial charge in [0, 0.05) is 10.7 Å². The number of amides is 1. The number of pyridine rings is 1. The Labute approximate surface area is 172 Å². The molecule has 4 nitrogen and oxygen atoms in total. The van der Waals surface area contributed by atoms with Gasteiger partial charge in [-0.2, -0.15) is 0 Å². The van der Waals surface area contributed by atoms with Gasteiger partial charge < -0.3 is 0 Å². The summed E-state index contributed by atoms with van der Waals surface area (Å²) in [5, 5.41) is 1.24. The molecule has 0 atom stereocenters. The lowest BCUT2D eigenvalue weighted by Gasteiger charge is -2.15. The summed E-state index contributed by atoms with van der Waals surface area (Å²) in [4.78, 5) is 24.5. The van der Waals surface area contributed by atoms with Crippen molar-refractivity contribution in [3.8, 4) is 0 Å². The van der Waals surface area contributed by atoms with Gasteiger partial charge in [0.15, 0.2) is 11.0 Å². The minimum absolute atomic E-state index is 0.113. The normalized spacial score (nSPS) is 16.9. The van der Waals surface area contributed by atoms with Gasteiger partial charge in [0.1, 0.15) is 0 Å². The number of aromatic nitrogens is 1. The zero-order valence-corrected chi connectivity index (χ0v) is 16.6. The Morgan fingerprint density at radius 3 is 2.46 bits per heavy atom. The van der Waals surface area contributed by atoms with E-state index < -0.39 is 0 Å². The maximum atomic E-state index is 13.2. The molecule has 0 radical (unpaired) electrons. The molecule has 0 unspecified atom stereocenters. The molecule has 0 saturated carbocycles. The highest BCUT2D eigenvalue weighted by atomic mass is 35.5. The number of carbonyl (C=O) groups is 1. The van der Waals surface area contributed by atoms with Crippen LogP contribution < -0.4 is 4.90 Å². The monoisotopic (exact) mass is 405 g/mol. The summed E-state index contributed by atoms with van der Waals surface area (Å²) in [6, 6.07) is 22.5. The molecule has 0 N–H and O–H groups in total. The number of carbonyl (C=O) groups excluding carboxylic acids is 1. The van der Waals surface area contributed by atoms with Crippen LogP contribution in [0.5, 0.6) is 0 Å². The Morgan fingerprint density at radius 2 is 1.75 bits per heavy atom. The highest BCUT2D eigenvalue weighted by Crippen LogP contribution is 2.37. The molecule has 0 spiro atoms. The van der Waals surface area contributed by atoms with Crippen LogP contribution in [0, 0.1) is 6.92 Å². The van der Waals surface area contributed by atoms with Crippen LogP contribution in [-0.4, -0.2) is 16.1 Å². The fraction of sp³-hybridized carbons (Fsp3) is 0.0455. The molecule has 0 aliphatic carbocycles. The first-order valence-corrected chi connectivity index (χ1v) is 9.86. The third-order valence-corrected chi connectivity index (χ3v) is 5.29. The topological polar surface area (TPSA) is 45.6 Å². The summed E-state index contributed by atoms with van der Waals surface area (Å²) >= 11 is 7.30. The largest absolute Gasteiger partial charge is 0.271 e. The van der Waals surface area contributed by atoms with Crippen LogP contribution in [-0.2, 0) is 4.79 Å². The van der Waals surface area contributed by atoms with Gasteiger partial charge in [-0.1, -0.05) is 48.0 Å². The quantitative estimate of drug-likeness (QED) is 0.513. The molecule has 1 aromatic heterocycles. The Balaban J connectivity index is 1.76. The van der Waals surface area contributed by atoms with Crippen molar-refractivity contribution in [3.05, 3.63) is 94.0 Å². The number of aliphatic imine (C=N–C) groups is 1. The van der Waals surface area contributed by atoms with E-state index in [4.69, 9.17) is 11.6 Å². The number of thioether (sulfide) groups is 1. The fourth-order valence-corrected chi connectivity index (χ4v) is 3.87. The van der Waals surface area contributed by atoms with Crippen LogP contribution in [0.3, 0.4) is 0 Å². The summed E-state index contributed by atoms with van der Waals surface area (Å²) in [5.41, 5.74) is 2.55. The number of para-hydroxylation sites is 1. The standard InChI is InChI=1S/C22H16ClN3OS/c1-15-6-5-9-20(24-15)25-22-26(18-7-3-2-4-8-18)21(27)19(28-22)14-16-10-12-17(23)13-11-16/h2-14H,1H3/b19-14-,25-22+. The van der Waals surface area contributed by atoms with E-state index in [1.54, 1.807) is 17.0 Å². The van der Waals surface area contributed by atoms with Crippen LogP contribution in [0.1, 0.15) is 11.3 Å². The maximum absolute atomic E-state index is 13.2. The van der Waals surface area contributed by atoms with Gasteiger partial charge >= 0.3 is 0 Å². The van der Waals surface area contributed by atoms with E-state index in [0.717, 1.165) is 16.9 Å². The van der Waals surface area contributed by atoms with Crippen LogP contribution in [0.2, 0.25) is 5.02 Å². The average Bonchev–Trinajstić information content (AvgIpc) is 2.99. The van der Waals surface area contributed by atoms with Gasteiger partial charge in [-0.25, -0.2) is 9.98 Å². The Kier molecular flexibility index (Phi) is 5.28. The number of amidine groups is 1. The second kappa shape index (κ2) is 8.00. The molecule has 1 aliphatic heterocycles. The number of anilines is 1. The Bertz CT molecular complexity index is 1080. The van der Waals surface area contributed by atoms with E-state index in [-0.39, 0.29) is 5.91 Å². The summed E-state index contributed by atoms with van der Waals surface area (Å²) in [5.74, 6) is 0.460. The zero-order valence-electron chi connectivity index (χ0n) is 15.0. The van der Waals surface area contributed by atoms with Crippen molar-refractivity contribution in [1.82, 2.24) is 4.98 Å². The molecule has 1 aliphatic rings. The van der Waals surface area contributed by atoms with Crippen LogP contribution in [0.25, 0.3) is 6.08 Å². The maximum Gasteiger partial charge on any atom is 0.271 e. The zero-order chi connectivity index (χ0) is 19.5. The lowest BCUT2D eigenvalue weighted by Crippen LogP contribution is -2.28. The molecule has 1 amide bonds. The molecule has 3 aromatic rings. The predicted molar refractivity (Wildman–Crippen MR) is 117 cm³/mol. The number of rotatable bonds is 3. The number of halogens is 1. The lowest BCUT2D eigenvalue weighted by molar-refractivity contribution is -0.113. The third-order valence-electron chi connectivity index (χ3n) is 4.07. The number of hydrogen-bond acceptors (Lipinski definition) is 4. The number of benzene rings is 2. The van der Waals surface area contributed by atoms with E-state index in [0.29, 0.717) is 20.9 Å². The molecular weight excluding hydrogens is 390 g/mol. The molecule has 6 heteroatoms. The molecular formula is C22H16ClN3OS. The molecule has 1 saturated heterocycles. The van der Waals surface area contributed by atoms with Gasteiger partial charge in [0.25, 0.3) is 5.91 Å². The van der Waals surface area contributed by atoms with Crippen LogP contribution in [0.15, 0.2) is 82.7 Å². The third kappa shape index (κ3) is 4.01. The van der Waals surface area contributed by atoms with Gasteiger partial charge in [-0.15, -0.1) is 0 Å². The smallest absolute Gasteiger partial charge is 0.268 e. The average molecular weight is 406 g/mol. The van der Waals surface area contributed by atoms with Crippen molar-refractivity contribution in [2.24, 2.45) is 4.99 Å². The van der Waals surface area contributed by atoms with Crippen molar-refractivity contribution < 1.29 is 4.79 Å². The molecule has 2 aromatic carbocycles. The second-order valence-corrected chi connectivity index (χ2v) is 7.62.